The van der Waals surface area contributed by atoms with Gasteiger partial charge in [-0.3, -0.25) is 19.3 Å². The Morgan fingerprint density at radius 1 is 1.28 bits per heavy atom. The predicted molar refractivity (Wildman–Crippen MR) is 88.8 cm³/mol. The van der Waals surface area contributed by atoms with Crippen molar-refractivity contribution in [3.63, 3.8) is 0 Å². The summed E-state index contributed by atoms with van der Waals surface area (Å²) < 4.78 is 21.0. The first-order valence-electron chi connectivity index (χ1n) is 8.44. The molecule has 25 heavy (non-hydrogen) atoms. The van der Waals surface area contributed by atoms with E-state index >= 15 is 0 Å². The molecule has 0 aromatic heterocycles. The zero-order chi connectivity index (χ0) is 19.7. The number of carbonyl (C=O) groups excluding carboxylic acids is 4. The molecule has 0 aliphatic carbocycles. The molecule has 0 spiro atoms. The van der Waals surface area contributed by atoms with E-state index in [4.69, 9.17) is 7.48 Å². The maximum absolute atomic E-state index is 12.8. The molecular weight excluding hydrogens is 344 g/mol. The second kappa shape index (κ2) is 5.45. The third-order valence-electron chi connectivity index (χ3n) is 4.50. The van der Waals surface area contributed by atoms with Gasteiger partial charge in [0, 0.05) is 8.45 Å². The Morgan fingerprint density at radius 2 is 1.88 bits per heavy atom. The van der Waals surface area contributed by atoms with Crippen LogP contribution in [0.4, 0.5) is 0 Å². The number of imide groups is 1. The smallest absolute Gasteiger partial charge is 0.332 e. The molecule has 8 heteroatoms. The lowest BCUT2D eigenvalue weighted by Gasteiger charge is -2.54. The van der Waals surface area contributed by atoms with E-state index in [1.165, 1.54) is 12.1 Å². The minimum atomic E-state index is -2.03. The van der Waals surface area contributed by atoms with Crippen molar-refractivity contribution in [3.05, 3.63) is 47.5 Å². The van der Waals surface area contributed by atoms with Gasteiger partial charge in [0.1, 0.15) is 11.4 Å². The van der Waals surface area contributed by atoms with Crippen molar-refractivity contribution >= 4 is 35.5 Å². The van der Waals surface area contributed by atoms with Gasteiger partial charge in [-0.1, -0.05) is 18.7 Å². The molecule has 0 N–H and O–H groups in total. The molecule has 128 valence electrons. The summed E-state index contributed by atoms with van der Waals surface area (Å²) in [5.41, 5.74) is -1.74. The van der Waals surface area contributed by atoms with Gasteiger partial charge in [-0.05, 0) is 17.7 Å². The number of benzene rings is 1. The second-order valence-electron chi connectivity index (χ2n) is 5.78. The number of β-lactam (4-membered cyclic amide) rings is 1. The van der Waals surface area contributed by atoms with Gasteiger partial charge >= 0.3 is 5.97 Å². The number of ether oxygens (including phenoxy) is 1. The largest absolute Gasteiger partial charge is 0.467 e. The molecule has 0 bridgehead atoms. The number of carbonyl (C=O) groups is 4. The summed E-state index contributed by atoms with van der Waals surface area (Å²) >= 11 is 0.745. The SMILES string of the molecule is [2H]C1([2H])S[C@@H]2C(N3C(=O)c4ccccc4C3=O)C(=O)N2C(C(=O)OC)C1=C. The van der Waals surface area contributed by atoms with Gasteiger partial charge < -0.3 is 9.64 Å². The van der Waals surface area contributed by atoms with Crippen LogP contribution >= 0.6 is 11.8 Å². The number of amides is 3. The van der Waals surface area contributed by atoms with Crippen LogP contribution < -0.4 is 0 Å². The van der Waals surface area contributed by atoms with Gasteiger partial charge in [0.2, 0.25) is 0 Å². The predicted octanol–water partition coefficient (Wildman–Crippen LogP) is 0.664. The first-order valence-corrected chi connectivity index (χ1v) is 8.32. The number of methoxy groups -OCH3 is 1. The zero-order valence-corrected chi connectivity index (χ0v) is 13.9. The lowest BCUT2D eigenvalue weighted by atomic mass is 9.97. The van der Waals surface area contributed by atoms with E-state index in [1.807, 2.05) is 0 Å². The molecule has 1 aromatic rings. The molecule has 2 fully saturated rings. The maximum atomic E-state index is 12.8. The third-order valence-corrected chi connectivity index (χ3v) is 5.61. The molecule has 3 amide bonds. The Hall–Kier alpha value is -2.61. The Labute approximate surface area is 150 Å². The number of hydrogen-bond acceptors (Lipinski definition) is 6. The van der Waals surface area contributed by atoms with E-state index in [2.05, 4.69) is 6.58 Å². The molecule has 7 nitrogen and oxygen atoms in total. The van der Waals surface area contributed by atoms with Crippen LogP contribution in [0.3, 0.4) is 0 Å². The molecule has 2 unspecified atom stereocenters. The molecular formula is C17H14N2O5S. The fourth-order valence-corrected chi connectivity index (χ4v) is 4.38. The first-order chi connectivity index (χ1) is 12.7. The molecule has 2 saturated heterocycles. The van der Waals surface area contributed by atoms with Gasteiger partial charge in [0.25, 0.3) is 17.7 Å². The topological polar surface area (TPSA) is 84.0 Å². The van der Waals surface area contributed by atoms with Crippen molar-refractivity contribution in [1.82, 2.24) is 9.80 Å². The fourth-order valence-electron chi connectivity index (χ4n) is 3.29. The second-order valence-corrected chi connectivity index (χ2v) is 6.70. The summed E-state index contributed by atoms with van der Waals surface area (Å²) in [6.07, 6.45) is 0. The van der Waals surface area contributed by atoms with Crippen molar-refractivity contribution in [2.75, 3.05) is 12.8 Å². The minimum Gasteiger partial charge on any atom is -0.467 e. The molecule has 3 heterocycles. The van der Waals surface area contributed by atoms with Crippen LogP contribution in [0, 0.1) is 0 Å². The van der Waals surface area contributed by atoms with Gasteiger partial charge in [-0.25, -0.2) is 4.79 Å². The molecule has 1 aromatic carbocycles. The number of rotatable bonds is 2. The Kier molecular flexibility index (Phi) is 2.98. The lowest BCUT2D eigenvalue weighted by Crippen LogP contribution is -2.75. The number of fused-ring (bicyclic) bond motifs is 2. The first kappa shape index (κ1) is 13.7. The summed E-state index contributed by atoms with van der Waals surface area (Å²) in [6, 6.07) is 3.76. The van der Waals surface area contributed by atoms with E-state index in [9.17, 15) is 19.2 Å². The number of esters is 1. The van der Waals surface area contributed by atoms with Crippen molar-refractivity contribution in [2.24, 2.45) is 0 Å². The Morgan fingerprint density at radius 3 is 2.44 bits per heavy atom. The van der Waals surface area contributed by atoms with Crippen LogP contribution in [-0.4, -0.2) is 63.8 Å². The quantitative estimate of drug-likeness (QED) is 0.334. The van der Waals surface area contributed by atoms with E-state index in [0.29, 0.717) is 0 Å². The average Bonchev–Trinajstić information content (AvgIpc) is 2.89. The number of hydrogen-bond donors (Lipinski definition) is 0. The maximum Gasteiger partial charge on any atom is 0.332 e. The fraction of sp³-hybridized carbons (Fsp3) is 0.294. The summed E-state index contributed by atoms with van der Waals surface area (Å²) in [4.78, 5) is 52.3. The summed E-state index contributed by atoms with van der Waals surface area (Å²) in [5, 5.41) is -0.899. The van der Waals surface area contributed by atoms with Crippen molar-refractivity contribution in [2.45, 2.75) is 17.5 Å². The number of nitrogens with zero attached hydrogens (tertiary/aromatic N) is 2. The third kappa shape index (κ3) is 2.00. The van der Waals surface area contributed by atoms with Crippen LogP contribution in [0.2, 0.25) is 0 Å². The van der Waals surface area contributed by atoms with E-state index in [0.717, 1.165) is 28.7 Å². The van der Waals surface area contributed by atoms with Gasteiger partial charge in [-0.15, -0.1) is 11.8 Å². The van der Waals surface area contributed by atoms with E-state index < -0.39 is 46.9 Å². The average molecular weight is 360 g/mol. The highest BCUT2D eigenvalue weighted by Gasteiger charge is 2.61. The summed E-state index contributed by atoms with van der Waals surface area (Å²) in [7, 11) is 1.13. The number of thioether (sulfide) groups is 1. The lowest BCUT2D eigenvalue weighted by molar-refractivity contribution is -0.163. The molecule has 4 rings (SSSR count). The van der Waals surface area contributed by atoms with Crippen molar-refractivity contribution < 1.29 is 26.7 Å². The van der Waals surface area contributed by atoms with Crippen LogP contribution in [0.1, 0.15) is 23.5 Å². The van der Waals surface area contributed by atoms with E-state index in [1.54, 1.807) is 12.1 Å². The highest BCUT2D eigenvalue weighted by atomic mass is 32.2. The molecule has 3 aliphatic heterocycles. The van der Waals surface area contributed by atoms with Crippen LogP contribution in [0.25, 0.3) is 0 Å². The Bertz CT molecular complexity index is 899. The van der Waals surface area contributed by atoms with Crippen LogP contribution in [-0.2, 0) is 14.3 Å². The standard InChI is InChI=1S/C17H14N2O5S/c1-8-7-25-16-12(15(22)19(16)11(8)17(23)24-2)18-13(20)9-5-3-4-6-10(9)14(18)21/h3-6,11-12,16H,1,7H2,2H3/t11?,12?,16-/m1/s1/i7D2. The minimum absolute atomic E-state index is 0.107. The molecule has 0 radical (unpaired) electrons. The van der Waals surface area contributed by atoms with Crippen LogP contribution in [0.5, 0.6) is 0 Å². The van der Waals surface area contributed by atoms with Gasteiger partial charge in [0.05, 0.1) is 18.2 Å². The molecule has 3 atom stereocenters. The van der Waals surface area contributed by atoms with Gasteiger partial charge in [0.15, 0.2) is 6.04 Å². The Balaban J connectivity index is 1.71. The van der Waals surface area contributed by atoms with Crippen LogP contribution in [0.15, 0.2) is 36.4 Å². The summed E-state index contributed by atoms with van der Waals surface area (Å²) in [5.74, 6) is -2.64. The molecule has 3 aliphatic rings. The van der Waals surface area contributed by atoms with Gasteiger partial charge in [-0.2, -0.15) is 0 Å². The van der Waals surface area contributed by atoms with Crippen molar-refractivity contribution in [1.29, 1.82) is 0 Å². The monoisotopic (exact) mass is 360 g/mol. The van der Waals surface area contributed by atoms with E-state index in [-0.39, 0.29) is 16.7 Å². The summed E-state index contributed by atoms with van der Waals surface area (Å²) in [6.45, 7) is 3.62. The molecule has 0 saturated carbocycles. The van der Waals surface area contributed by atoms with Crippen molar-refractivity contribution in [3.8, 4) is 0 Å². The zero-order valence-electron chi connectivity index (χ0n) is 15.1. The highest BCUT2D eigenvalue weighted by molar-refractivity contribution is 8.00. The normalized spacial score (nSPS) is 31.0. The highest BCUT2D eigenvalue weighted by Crippen LogP contribution is 2.44.